The van der Waals surface area contributed by atoms with Crippen molar-refractivity contribution in [1.29, 1.82) is 0 Å². The van der Waals surface area contributed by atoms with E-state index in [1.165, 1.54) is 4.90 Å². The number of nitrogens with zero attached hydrogens (tertiary/aromatic N) is 1. The molecule has 0 bridgehead atoms. The molecule has 7 heteroatoms. The van der Waals surface area contributed by atoms with Gasteiger partial charge in [0.1, 0.15) is 6.54 Å². The molecular weight excluding hydrogens is 204 g/mol. The fraction of sp³-hybridized carbons (Fsp3) is 0.625. The molecule has 1 rings (SSSR count). The van der Waals surface area contributed by atoms with Gasteiger partial charge in [-0.15, -0.1) is 0 Å². The van der Waals surface area contributed by atoms with Gasteiger partial charge in [-0.3, -0.25) is 9.59 Å². The Labute approximate surface area is 86.3 Å². The first kappa shape index (κ1) is 11.3. The summed E-state index contributed by atoms with van der Waals surface area (Å²) in [5.74, 6) is -0.487. The second kappa shape index (κ2) is 5.18. The van der Waals surface area contributed by atoms with E-state index < -0.39 is 18.2 Å². The molecule has 1 aliphatic heterocycles. The van der Waals surface area contributed by atoms with Crippen LogP contribution < -0.4 is 5.32 Å². The lowest BCUT2D eigenvalue weighted by molar-refractivity contribution is -0.143. The molecule has 0 aromatic carbocycles. The van der Waals surface area contributed by atoms with Gasteiger partial charge in [0.25, 0.3) is 6.47 Å². The molecule has 7 nitrogen and oxygen atoms in total. The molecule has 1 N–H and O–H groups in total. The maximum Gasteiger partial charge on any atom is 0.325 e. The average molecular weight is 216 g/mol. The number of carbonyl (C=O) groups excluding carboxylic acids is 3. The molecule has 0 saturated carbocycles. The van der Waals surface area contributed by atoms with Gasteiger partial charge < -0.3 is 19.7 Å². The highest BCUT2D eigenvalue weighted by molar-refractivity contribution is 5.82. The SMILES string of the molecule is CCOC(=O)CN1C[C@@H](OC=O)NC1=O. The van der Waals surface area contributed by atoms with Crippen molar-refractivity contribution in [3.8, 4) is 0 Å². The number of carbonyl (C=O) groups is 3. The summed E-state index contributed by atoms with van der Waals surface area (Å²) in [6.45, 7) is 2.20. The third-order valence-electron chi connectivity index (χ3n) is 1.80. The number of hydrogen-bond donors (Lipinski definition) is 1. The lowest BCUT2D eigenvalue weighted by atomic mass is 10.5. The van der Waals surface area contributed by atoms with Crippen LogP contribution in [-0.4, -0.2) is 49.3 Å². The predicted molar refractivity (Wildman–Crippen MR) is 47.7 cm³/mol. The molecule has 1 fully saturated rings. The third kappa shape index (κ3) is 3.12. The summed E-state index contributed by atoms with van der Waals surface area (Å²) in [5, 5.41) is 2.38. The molecule has 0 aliphatic carbocycles. The van der Waals surface area contributed by atoms with Gasteiger partial charge in [-0.2, -0.15) is 0 Å². The first-order valence-corrected chi connectivity index (χ1v) is 4.47. The van der Waals surface area contributed by atoms with Gasteiger partial charge in [0.15, 0.2) is 6.23 Å². The van der Waals surface area contributed by atoms with Crippen LogP contribution in [0.5, 0.6) is 0 Å². The summed E-state index contributed by atoms with van der Waals surface area (Å²) in [7, 11) is 0. The van der Waals surface area contributed by atoms with Crippen LogP contribution in [0.25, 0.3) is 0 Å². The Morgan fingerprint density at radius 2 is 2.47 bits per heavy atom. The van der Waals surface area contributed by atoms with Crippen molar-refractivity contribution in [2.45, 2.75) is 13.2 Å². The number of urea groups is 1. The molecule has 15 heavy (non-hydrogen) atoms. The zero-order valence-corrected chi connectivity index (χ0v) is 8.26. The summed E-state index contributed by atoms with van der Waals surface area (Å²) in [5.41, 5.74) is 0. The Kier molecular flexibility index (Phi) is 3.90. The molecule has 84 valence electrons. The van der Waals surface area contributed by atoms with E-state index in [2.05, 4.69) is 14.8 Å². The molecule has 0 aromatic rings. The van der Waals surface area contributed by atoms with Crippen LogP contribution in [-0.2, 0) is 19.1 Å². The van der Waals surface area contributed by atoms with E-state index >= 15 is 0 Å². The Morgan fingerprint density at radius 1 is 1.73 bits per heavy atom. The number of amides is 2. The zero-order valence-electron chi connectivity index (χ0n) is 8.26. The minimum absolute atomic E-state index is 0.140. The maximum atomic E-state index is 11.2. The van der Waals surface area contributed by atoms with Crippen LogP contribution >= 0.6 is 0 Å². The van der Waals surface area contributed by atoms with Crippen molar-refractivity contribution >= 4 is 18.5 Å². The molecule has 0 spiro atoms. The van der Waals surface area contributed by atoms with Crippen LogP contribution in [0.1, 0.15) is 6.92 Å². The fourth-order valence-corrected chi connectivity index (χ4v) is 1.20. The van der Waals surface area contributed by atoms with Crippen LogP contribution in [0.2, 0.25) is 0 Å². The van der Waals surface area contributed by atoms with E-state index in [-0.39, 0.29) is 26.2 Å². The monoisotopic (exact) mass is 216 g/mol. The lowest BCUT2D eigenvalue weighted by Crippen LogP contribution is -2.33. The smallest absolute Gasteiger partial charge is 0.325 e. The average Bonchev–Trinajstić information content (AvgIpc) is 2.48. The minimum Gasteiger partial charge on any atom is -0.465 e. The normalized spacial score (nSPS) is 19.7. The molecule has 1 heterocycles. The molecule has 0 unspecified atom stereocenters. The van der Waals surface area contributed by atoms with Gasteiger partial charge in [-0.1, -0.05) is 0 Å². The Morgan fingerprint density at radius 3 is 3.07 bits per heavy atom. The Bertz CT molecular complexity index is 268. The quantitative estimate of drug-likeness (QED) is 0.474. The van der Waals surface area contributed by atoms with Gasteiger partial charge in [0, 0.05) is 0 Å². The van der Waals surface area contributed by atoms with Gasteiger partial charge in [0.2, 0.25) is 0 Å². The molecule has 1 saturated heterocycles. The number of esters is 1. The molecular formula is C8H12N2O5. The minimum atomic E-state index is -0.690. The van der Waals surface area contributed by atoms with Crippen LogP contribution in [0.3, 0.4) is 0 Å². The molecule has 0 aromatic heterocycles. The maximum absolute atomic E-state index is 11.2. The first-order valence-electron chi connectivity index (χ1n) is 4.47. The van der Waals surface area contributed by atoms with Crippen molar-refractivity contribution in [2.24, 2.45) is 0 Å². The summed E-state index contributed by atoms with van der Waals surface area (Å²) >= 11 is 0. The second-order valence-corrected chi connectivity index (χ2v) is 2.86. The Balaban J connectivity index is 2.40. The van der Waals surface area contributed by atoms with Gasteiger partial charge >= 0.3 is 12.0 Å². The van der Waals surface area contributed by atoms with Crippen LogP contribution in [0.15, 0.2) is 0 Å². The van der Waals surface area contributed by atoms with Crippen molar-refractivity contribution in [2.75, 3.05) is 19.7 Å². The highest BCUT2D eigenvalue weighted by Gasteiger charge is 2.31. The van der Waals surface area contributed by atoms with Crippen molar-refractivity contribution in [3.05, 3.63) is 0 Å². The van der Waals surface area contributed by atoms with E-state index in [0.29, 0.717) is 0 Å². The van der Waals surface area contributed by atoms with Crippen molar-refractivity contribution in [1.82, 2.24) is 10.2 Å². The van der Waals surface area contributed by atoms with E-state index in [1.54, 1.807) is 6.92 Å². The molecule has 2 amide bonds. The highest BCUT2D eigenvalue weighted by atomic mass is 16.5. The number of hydrogen-bond acceptors (Lipinski definition) is 5. The van der Waals surface area contributed by atoms with Crippen molar-refractivity contribution < 1.29 is 23.9 Å². The van der Waals surface area contributed by atoms with E-state index in [4.69, 9.17) is 0 Å². The topological polar surface area (TPSA) is 84.9 Å². The van der Waals surface area contributed by atoms with E-state index in [0.717, 1.165) is 0 Å². The standard InChI is InChI=1S/C8H12N2O5/c1-2-14-7(12)4-10-3-6(15-5-11)9-8(10)13/h5-6H,2-4H2,1H3,(H,9,13)/t6-/m1/s1. The summed E-state index contributed by atoms with van der Waals surface area (Å²) < 4.78 is 9.22. The lowest BCUT2D eigenvalue weighted by Gasteiger charge is -2.12. The molecule has 0 radical (unpaired) electrons. The van der Waals surface area contributed by atoms with E-state index in [1.807, 2.05) is 0 Å². The number of rotatable bonds is 5. The van der Waals surface area contributed by atoms with Crippen molar-refractivity contribution in [3.63, 3.8) is 0 Å². The second-order valence-electron chi connectivity index (χ2n) is 2.86. The predicted octanol–water partition coefficient (Wildman–Crippen LogP) is -0.926. The molecule has 1 atom stereocenters. The summed E-state index contributed by atoms with van der Waals surface area (Å²) in [6, 6.07) is -0.449. The van der Waals surface area contributed by atoms with Gasteiger partial charge in [-0.25, -0.2) is 4.79 Å². The molecule has 1 aliphatic rings. The first-order chi connectivity index (χ1) is 7.17. The number of ether oxygens (including phenoxy) is 2. The highest BCUT2D eigenvalue weighted by Crippen LogP contribution is 2.04. The number of nitrogens with one attached hydrogen (secondary N) is 1. The fourth-order valence-electron chi connectivity index (χ4n) is 1.20. The van der Waals surface area contributed by atoms with Gasteiger partial charge in [-0.05, 0) is 6.92 Å². The van der Waals surface area contributed by atoms with Gasteiger partial charge in [0.05, 0.1) is 13.2 Å². The van der Waals surface area contributed by atoms with Crippen LogP contribution in [0, 0.1) is 0 Å². The largest absolute Gasteiger partial charge is 0.465 e. The van der Waals surface area contributed by atoms with Crippen LogP contribution in [0.4, 0.5) is 4.79 Å². The third-order valence-corrected chi connectivity index (χ3v) is 1.80. The van der Waals surface area contributed by atoms with E-state index in [9.17, 15) is 14.4 Å². The Hall–Kier alpha value is -1.79. The summed E-state index contributed by atoms with van der Waals surface area (Å²) in [4.78, 5) is 33.5. The zero-order chi connectivity index (χ0) is 11.3. The summed E-state index contributed by atoms with van der Waals surface area (Å²) in [6.07, 6.45) is -0.690.